The molecule has 2 aliphatic rings. The van der Waals surface area contributed by atoms with Crippen molar-refractivity contribution < 1.29 is 23.5 Å². The molecule has 0 aromatic heterocycles. The van der Waals surface area contributed by atoms with Crippen LogP contribution in [0.1, 0.15) is 19.8 Å². The van der Waals surface area contributed by atoms with Gasteiger partial charge in [0.05, 0.1) is 6.61 Å². The van der Waals surface area contributed by atoms with Crippen molar-refractivity contribution in [2.75, 3.05) is 44.2 Å². The van der Waals surface area contributed by atoms with Crippen LogP contribution in [0.15, 0.2) is 24.3 Å². The van der Waals surface area contributed by atoms with Crippen LogP contribution in [-0.2, 0) is 9.53 Å². The summed E-state index contributed by atoms with van der Waals surface area (Å²) in [5.41, 5.74) is 0.612. The van der Waals surface area contributed by atoms with Crippen molar-refractivity contribution in [1.82, 2.24) is 15.1 Å². The van der Waals surface area contributed by atoms with E-state index in [9.17, 15) is 18.8 Å². The molecule has 0 radical (unpaired) electrons. The van der Waals surface area contributed by atoms with Crippen LogP contribution in [0.5, 0.6) is 0 Å². The highest BCUT2D eigenvalue weighted by molar-refractivity contribution is 5.96. The van der Waals surface area contributed by atoms with Crippen LogP contribution in [0.4, 0.5) is 19.7 Å². The number of hydrogen-bond acceptors (Lipinski definition) is 4. The van der Waals surface area contributed by atoms with Crippen LogP contribution < -0.4 is 10.2 Å². The number of nitrogens with one attached hydrogen (secondary N) is 1. The summed E-state index contributed by atoms with van der Waals surface area (Å²) in [6.07, 6.45) is 0.983. The number of anilines is 1. The number of urea groups is 1. The zero-order valence-corrected chi connectivity index (χ0v) is 15.9. The van der Waals surface area contributed by atoms with E-state index in [-0.39, 0.29) is 36.4 Å². The van der Waals surface area contributed by atoms with Gasteiger partial charge in [-0.2, -0.15) is 0 Å². The molecule has 2 heterocycles. The summed E-state index contributed by atoms with van der Waals surface area (Å²) in [7, 11) is 0. The number of carbonyl (C=O) groups excluding carboxylic acids is 3. The van der Waals surface area contributed by atoms with Crippen molar-refractivity contribution in [3.8, 4) is 0 Å². The number of nitrogens with zero attached hydrogens (tertiary/aromatic N) is 3. The molecule has 0 aliphatic carbocycles. The molecule has 1 aromatic carbocycles. The van der Waals surface area contributed by atoms with Gasteiger partial charge >= 0.3 is 12.1 Å². The second-order valence-electron chi connectivity index (χ2n) is 6.86. The minimum atomic E-state index is -0.361. The van der Waals surface area contributed by atoms with Crippen molar-refractivity contribution in [1.29, 1.82) is 0 Å². The van der Waals surface area contributed by atoms with Crippen molar-refractivity contribution in [3.05, 3.63) is 30.1 Å². The number of amides is 4. The lowest BCUT2D eigenvalue weighted by molar-refractivity contribution is -0.122. The maximum Gasteiger partial charge on any atom is 0.409 e. The number of hydrogen-bond donors (Lipinski definition) is 1. The SMILES string of the molecule is CCOC(=O)N1CCC(NC(=O)CN2CCN(c3ccc(F)cc3)C2=O)CC1. The number of rotatable bonds is 5. The van der Waals surface area contributed by atoms with Gasteiger partial charge in [0.2, 0.25) is 5.91 Å². The van der Waals surface area contributed by atoms with Crippen LogP contribution in [-0.4, -0.2) is 73.2 Å². The predicted molar refractivity (Wildman–Crippen MR) is 100 cm³/mol. The third-order valence-electron chi connectivity index (χ3n) is 4.95. The van der Waals surface area contributed by atoms with E-state index in [1.165, 1.54) is 21.9 Å². The van der Waals surface area contributed by atoms with E-state index in [4.69, 9.17) is 4.74 Å². The Morgan fingerprint density at radius 2 is 1.82 bits per heavy atom. The van der Waals surface area contributed by atoms with Gasteiger partial charge in [-0.1, -0.05) is 0 Å². The van der Waals surface area contributed by atoms with Gasteiger partial charge in [-0.15, -0.1) is 0 Å². The van der Waals surface area contributed by atoms with Crippen LogP contribution in [0.2, 0.25) is 0 Å². The number of likely N-dealkylation sites (tertiary alicyclic amines) is 1. The molecule has 0 saturated carbocycles. The molecule has 0 bridgehead atoms. The van der Waals surface area contributed by atoms with Crippen molar-refractivity contribution in [3.63, 3.8) is 0 Å². The first-order valence-corrected chi connectivity index (χ1v) is 9.51. The maximum atomic E-state index is 13.1. The third kappa shape index (κ3) is 4.71. The standard InChI is InChI=1S/C19H25FN4O4/c1-2-28-19(27)22-9-7-15(8-10-22)21-17(25)13-23-11-12-24(18(23)26)16-5-3-14(20)4-6-16/h3-6,15H,2,7-13H2,1H3,(H,21,25). The van der Waals surface area contributed by atoms with Crippen LogP contribution in [0, 0.1) is 5.82 Å². The first-order valence-electron chi connectivity index (χ1n) is 9.51. The molecule has 3 rings (SSSR count). The lowest BCUT2D eigenvalue weighted by Gasteiger charge is -2.31. The van der Waals surface area contributed by atoms with Gasteiger partial charge in [-0.25, -0.2) is 14.0 Å². The first-order chi connectivity index (χ1) is 13.5. The second kappa shape index (κ2) is 8.90. The fourth-order valence-electron chi connectivity index (χ4n) is 3.46. The third-order valence-corrected chi connectivity index (χ3v) is 4.95. The Hall–Kier alpha value is -2.84. The Kier molecular flexibility index (Phi) is 6.33. The molecule has 28 heavy (non-hydrogen) atoms. The van der Waals surface area contributed by atoms with Crippen LogP contribution in [0.3, 0.4) is 0 Å². The van der Waals surface area contributed by atoms with E-state index in [2.05, 4.69) is 5.32 Å². The van der Waals surface area contributed by atoms with Crippen molar-refractivity contribution in [2.24, 2.45) is 0 Å². The quantitative estimate of drug-likeness (QED) is 0.829. The minimum absolute atomic E-state index is 0.0192. The van der Waals surface area contributed by atoms with Gasteiger partial charge in [-0.05, 0) is 44.0 Å². The van der Waals surface area contributed by atoms with Gasteiger partial charge in [0, 0.05) is 37.9 Å². The Balaban J connectivity index is 1.45. The van der Waals surface area contributed by atoms with Gasteiger partial charge in [0.15, 0.2) is 0 Å². The number of carbonyl (C=O) groups is 3. The molecule has 9 heteroatoms. The van der Waals surface area contributed by atoms with Gasteiger partial charge in [-0.3, -0.25) is 9.69 Å². The number of piperidine rings is 1. The highest BCUT2D eigenvalue weighted by Crippen LogP contribution is 2.20. The molecule has 152 valence electrons. The lowest BCUT2D eigenvalue weighted by Crippen LogP contribution is -2.49. The molecule has 8 nitrogen and oxygen atoms in total. The van der Waals surface area contributed by atoms with E-state index in [0.717, 1.165) is 0 Å². The zero-order valence-electron chi connectivity index (χ0n) is 15.9. The lowest BCUT2D eigenvalue weighted by atomic mass is 10.1. The molecule has 1 aromatic rings. The molecular formula is C19H25FN4O4. The van der Waals surface area contributed by atoms with Gasteiger partial charge in [0.25, 0.3) is 0 Å². The molecule has 1 N–H and O–H groups in total. The molecule has 0 atom stereocenters. The summed E-state index contributed by atoms with van der Waals surface area (Å²) < 4.78 is 18.0. The zero-order chi connectivity index (χ0) is 20.1. The molecule has 2 fully saturated rings. The first kappa shape index (κ1) is 19.9. The van der Waals surface area contributed by atoms with E-state index in [0.29, 0.717) is 51.3 Å². The maximum absolute atomic E-state index is 13.1. The summed E-state index contributed by atoms with van der Waals surface area (Å²) in [5.74, 6) is -0.579. The fraction of sp³-hybridized carbons (Fsp3) is 0.526. The van der Waals surface area contributed by atoms with Gasteiger partial charge in [0.1, 0.15) is 12.4 Å². The summed E-state index contributed by atoms with van der Waals surface area (Å²) in [5, 5.41) is 2.94. The second-order valence-corrected chi connectivity index (χ2v) is 6.86. The summed E-state index contributed by atoms with van der Waals surface area (Å²) in [6.45, 7) is 4.04. The van der Waals surface area contributed by atoms with Crippen LogP contribution >= 0.6 is 0 Å². The smallest absolute Gasteiger partial charge is 0.409 e. The molecule has 4 amide bonds. The van der Waals surface area contributed by atoms with E-state index >= 15 is 0 Å². The summed E-state index contributed by atoms with van der Waals surface area (Å²) >= 11 is 0. The number of halogens is 1. The van der Waals surface area contributed by atoms with Gasteiger partial charge < -0.3 is 19.9 Å². The molecule has 0 unspecified atom stereocenters. The topological polar surface area (TPSA) is 82.2 Å². The fourth-order valence-corrected chi connectivity index (χ4v) is 3.46. The normalized spacial score (nSPS) is 17.8. The average molecular weight is 392 g/mol. The van der Waals surface area contributed by atoms with E-state index in [1.54, 1.807) is 24.0 Å². The Bertz CT molecular complexity index is 719. The minimum Gasteiger partial charge on any atom is -0.450 e. The summed E-state index contributed by atoms with van der Waals surface area (Å²) in [4.78, 5) is 41.2. The molecule has 2 saturated heterocycles. The Morgan fingerprint density at radius 3 is 2.46 bits per heavy atom. The largest absolute Gasteiger partial charge is 0.450 e. The number of benzene rings is 1. The highest BCUT2D eigenvalue weighted by atomic mass is 19.1. The average Bonchev–Trinajstić information content (AvgIpc) is 3.03. The van der Waals surface area contributed by atoms with Crippen molar-refractivity contribution in [2.45, 2.75) is 25.8 Å². The number of ether oxygens (including phenoxy) is 1. The Labute approximate surface area is 163 Å². The Morgan fingerprint density at radius 1 is 1.14 bits per heavy atom. The molecule has 0 spiro atoms. The van der Waals surface area contributed by atoms with Crippen LogP contribution in [0.25, 0.3) is 0 Å². The molecular weight excluding hydrogens is 367 g/mol. The molecule has 2 aliphatic heterocycles. The predicted octanol–water partition coefficient (Wildman–Crippen LogP) is 1.80. The van der Waals surface area contributed by atoms with Crippen molar-refractivity contribution >= 4 is 23.7 Å². The van der Waals surface area contributed by atoms with E-state index < -0.39 is 0 Å². The summed E-state index contributed by atoms with van der Waals surface area (Å²) in [6, 6.07) is 5.42. The van der Waals surface area contributed by atoms with E-state index in [1.807, 2.05) is 0 Å². The monoisotopic (exact) mass is 392 g/mol. The highest BCUT2D eigenvalue weighted by Gasteiger charge is 2.32.